The maximum Gasteiger partial charge on any atom is 0.336 e. The normalized spacial score (nSPS) is 22.1. The van der Waals surface area contributed by atoms with Crippen molar-refractivity contribution >= 4 is 23.5 Å². The zero-order valence-corrected chi connectivity index (χ0v) is 17.0. The molecule has 2 heterocycles. The zero-order chi connectivity index (χ0) is 20.3. The highest BCUT2D eigenvalue weighted by Crippen LogP contribution is 2.39. The van der Waals surface area contributed by atoms with Crippen LogP contribution < -0.4 is 5.32 Å². The summed E-state index contributed by atoms with van der Waals surface area (Å²) in [7, 11) is 1.32. The van der Waals surface area contributed by atoms with E-state index in [-0.39, 0.29) is 12.7 Å². The van der Waals surface area contributed by atoms with E-state index in [1.807, 2.05) is 6.07 Å². The van der Waals surface area contributed by atoms with Gasteiger partial charge in [-0.3, -0.25) is 0 Å². The third-order valence-electron chi connectivity index (χ3n) is 4.99. The van der Waals surface area contributed by atoms with Crippen molar-refractivity contribution in [3.8, 4) is 0 Å². The Morgan fingerprint density at radius 1 is 1.21 bits per heavy atom. The molecule has 28 heavy (non-hydrogen) atoms. The van der Waals surface area contributed by atoms with Crippen molar-refractivity contribution in [3.63, 3.8) is 0 Å². The molecule has 6 nitrogen and oxygen atoms in total. The molecule has 0 unspecified atom stereocenters. The fraction of sp³-hybridized carbons (Fsp3) is 0.429. The number of hydrogen-bond donors (Lipinski definition) is 1. The molecule has 2 atom stereocenters. The molecule has 1 fully saturated rings. The molecule has 7 heteroatoms. The Bertz CT molecular complexity index is 839. The van der Waals surface area contributed by atoms with E-state index in [2.05, 4.69) is 5.32 Å². The number of hydrogen-bond acceptors (Lipinski definition) is 6. The molecule has 1 aromatic carbocycles. The second kappa shape index (κ2) is 8.80. The van der Waals surface area contributed by atoms with E-state index < -0.39 is 17.9 Å². The second-order valence-electron chi connectivity index (χ2n) is 6.92. The minimum absolute atomic E-state index is 0.0802. The van der Waals surface area contributed by atoms with E-state index in [9.17, 15) is 9.59 Å². The Morgan fingerprint density at radius 3 is 2.54 bits per heavy atom. The van der Waals surface area contributed by atoms with Gasteiger partial charge in [0.15, 0.2) is 0 Å². The lowest BCUT2D eigenvalue weighted by molar-refractivity contribution is -0.142. The van der Waals surface area contributed by atoms with Gasteiger partial charge in [0.1, 0.15) is 6.61 Å². The number of carbonyl (C=O) groups excluding carboxylic acids is 2. The van der Waals surface area contributed by atoms with Crippen LogP contribution in [0.2, 0.25) is 5.02 Å². The molecule has 1 saturated heterocycles. The van der Waals surface area contributed by atoms with Gasteiger partial charge in [0.25, 0.3) is 0 Å². The summed E-state index contributed by atoms with van der Waals surface area (Å²) in [5.41, 5.74) is 2.71. The van der Waals surface area contributed by atoms with Crippen molar-refractivity contribution in [1.29, 1.82) is 0 Å². The number of methoxy groups -OCH3 is 1. The molecular formula is C21H24ClNO5. The molecule has 2 aliphatic heterocycles. The van der Waals surface area contributed by atoms with E-state index in [4.69, 9.17) is 25.8 Å². The summed E-state index contributed by atoms with van der Waals surface area (Å²) in [5.74, 6) is -1.63. The summed E-state index contributed by atoms with van der Waals surface area (Å²) in [4.78, 5) is 25.6. The monoisotopic (exact) mass is 405 g/mol. The maximum absolute atomic E-state index is 13.0. The van der Waals surface area contributed by atoms with Crippen LogP contribution in [0, 0.1) is 0 Å². The van der Waals surface area contributed by atoms with E-state index in [1.54, 1.807) is 32.0 Å². The number of halogens is 1. The molecule has 0 aliphatic carbocycles. The van der Waals surface area contributed by atoms with E-state index in [1.165, 1.54) is 7.11 Å². The van der Waals surface area contributed by atoms with Crippen LogP contribution in [-0.4, -0.2) is 38.4 Å². The van der Waals surface area contributed by atoms with Crippen LogP contribution in [0.1, 0.15) is 38.2 Å². The van der Waals surface area contributed by atoms with Crippen molar-refractivity contribution in [2.75, 3.05) is 20.3 Å². The highest BCUT2D eigenvalue weighted by atomic mass is 35.5. The first-order chi connectivity index (χ1) is 13.4. The van der Waals surface area contributed by atoms with E-state index in [0.717, 1.165) is 18.4 Å². The first kappa shape index (κ1) is 20.4. The van der Waals surface area contributed by atoms with Gasteiger partial charge in [0.05, 0.1) is 30.3 Å². The highest BCUT2D eigenvalue weighted by molar-refractivity contribution is 6.30. The largest absolute Gasteiger partial charge is 0.466 e. The second-order valence-corrected chi connectivity index (χ2v) is 7.35. The minimum Gasteiger partial charge on any atom is -0.466 e. The lowest BCUT2D eigenvalue weighted by Crippen LogP contribution is -2.33. The number of carbonyl (C=O) groups is 2. The van der Waals surface area contributed by atoms with Crippen LogP contribution in [0.5, 0.6) is 0 Å². The number of benzene rings is 1. The average Bonchev–Trinajstić information content (AvgIpc) is 3.18. The number of ether oxygens (including phenoxy) is 3. The van der Waals surface area contributed by atoms with Crippen LogP contribution in [0.3, 0.4) is 0 Å². The summed E-state index contributed by atoms with van der Waals surface area (Å²) in [6.45, 7) is 4.44. The summed E-state index contributed by atoms with van der Waals surface area (Å²) in [6, 6.07) is 7.11. The molecule has 0 bridgehead atoms. The summed E-state index contributed by atoms with van der Waals surface area (Å²) >= 11 is 6.18. The zero-order valence-electron chi connectivity index (χ0n) is 16.2. The van der Waals surface area contributed by atoms with Crippen molar-refractivity contribution in [3.05, 3.63) is 57.4 Å². The van der Waals surface area contributed by atoms with Crippen LogP contribution in [0.15, 0.2) is 46.8 Å². The maximum atomic E-state index is 13.0. The Morgan fingerprint density at radius 2 is 1.93 bits per heavy atom. The van der Waals surface area contributed by atoms with Crippen LogP contribution in [0.4, 0.5) is 0 Å². The number of nitrogens with one attached hydrogen (secondary N) is 1. The van der Waals surface area contributed by atoms with Gasteiger partial charge >= 0.3 is 11.9 Å². The Hall–Kier alpha value is -2.31. The summed E-state index contributed by atoms with van der Waals surface area (Å²) < 4.78 is 16.1. The van der Waals surface area contributed by atoms with Crippen LogP contribution in [-0.2, 0) is 23.8 Å². The lowest BCUT2D eigenvalue weighted by Gasteiger charge is -2.30. The van der Waals surface area contributed by atoms with Gasteiger partial charge in [-0.2, -0.15) is 0 Å². The third-order valence-corrected chi connectivity index (χ3v) is 5.23. The Labute approximate surface area is 169 Å². The number of dihydropyridines is 1. The van der Waals surface area contributed by atoms with Gasteiger partial charge in [-0.1, -0.05) is 23.7 Å². The Kier molecular flexibility index (Phi) is 6.42. The SMILES string of the molecule is COC(=O)C1=C(C)NC(C)=C(C(=O)OC[C@H]2CCCO2)[C@H]1c1cccc(Cl)c1. The van der Waals surface area contributed by atoms with Crippen molar-refractivity contribution in [1.82, 2.24) is 5.32 Å². The number of rotatable bonds is 5. The summed E-state index contributed by atoms with van der Waals surface area (Å²) in [6.07, 6.45) is 1.75. The van der Waals surface area contributed by atoms with E-state index in [0.29, 0.717) is 34.2 Å². The fourth-order valence-electron chi connectivity index (χ4n) is 3.69. The topological polar surface area (TPSA) is 73.9 Å². The molecule has 0 saturated carbocycles. The molecule has 0 amide bonds. The van der Waals surface area contributed by atoms with Crippen molar-refractivity contribution < 1.29 is 23.8 Å². The fourth-order valence-corrected chi connectivity index (χ4v) is 3.89. The van der Waals surface area contributed by atoms with Gasteiger partial charge in [-0.25, -0.2) is 9.59 Å². The van der Waals surface area contributed by atoms with Crippen LogP contribution in [0.25, 0.3) is 0 Å². The highest BCUT2D eigenvalue weighted by Gasteiger charge is 2.38. The average molecular weight is 406 g/mol. The molecular weight excluding hydrogens is 382 g/mol. The van der Waals surface area contributed by atoms with Crippen LogP contribution >= 0.6 is 11.6 Å². The molecule has 0 spiro atoms. The van der Waals surface area contributed by atoms with Crippen molar-refractivity contribution in [2.45, 2.75) is 38.7 Å². The van der Waals surface area contributed by atoms with Crippen molar-refractivity contribution in [2.24, 2.45) is 0 Å². The summed E-state index contributed by atoms with van der Waals surface area (Å²) in [5, 5.41) is 3.63. The number of allylic oxidation sites excluding steroid dienone is 2. The van der Waals surface area contributed by atoms with Gasteiger partial charge in [-0.05, 0) is 44.4 Å². The molecule has 150 valence electrons. The predicted octanol–water partition coefficient (Wildman–Crippen LogP) is 3.47. The molecule has 1 N–H and O–H groups in total. The predicted molar refractivity (Wildman–Crippen MR) is 105 cm³/mol. The van der Waals surface area contributed by atoms with Gasteiger partial charge < -0.3 is 19.5 Å². The molecule has 0 aromatic heterocycles. The third kappa shape index (κ3) is 4.23. The molecule has 1 aromatic rings. The first-order valence-electron chi connectivity index (χ1n) is 9.23. The smallest absolute Gasteiger partial charge is 0.336 e. The quantitative estimate of drug-likeness (QED) is 0.756. The Balaban J connectivity index is 1.98. The molecule has 3 rings (SSSR count). The minimum atomic E-state index is -0.635. The molecule has 0 radical (unpaired) electrons. The van der Waals surface area contributed by atoms with Gasteiger partial charge in [0, 0.05) is 23.0 Å². The number of esters is 2. The first-order valence-corrected chi connectivity index (χ1v) is 9.61. The molecule has 2 aliphatic rings. The van der Waals surface area contributed by atoms with Gasteiger partial charge in [-0.15, -0.1) is 0 Å². The standard InChI is InChI=1S/C21H24ClNO5/c1-12-17(20(24)26-3)19(14-6-4-7-15(22)10-14)18(13(2)23-12)21(25)28-11-16-8-5-9-27-16/h4,6-7,10,16,19,23H,5,8-9,11H2,1-3H3/t16-,19+/m1/s1. The van der Waals surface area contributed by atoms with Gasteiger partial charge in [0.2, 0.25) is 0 Å². The van der Waals surface area contributed by atoms with E-state index >= 15 is 0 Å². The lowest BCUT2D eigenvalue weighted by atomic mass is 9.80.